The Bertz CT molecular complexity index is 603. The van der Waals surface area contributed by atoms with Crippen molar-refractivity contribution >= 4 is 10.9 Å². The first-order chi connectivity index (χ1) is 9.66. The van der Waals surface area contributed by atoms with Crippen LogP contribution in [0.2, 0.25) is 0 Å². The lowest BCUT2D eigenvalue weighted by Gasteiger charge is -2.34. The van der Waals surface area contributed by atoms with Gasteiger partial charge in [-0.15, -0.1) is 0 Å². The average molecular weight is 270 g/mol. The van der Waals surface area contributed by atoms with Gasteiger partial charge >= 0.3 is 0 Å². The van der Waals surface area contributed by atoms with Crippen LogP contribution in [0.25, 0.3) is 10.9 Å². The third-order valence-electron chi connectivity index (χ3n) is 4.23. The summed E-state index contributed by atoms with van der Waals surface area (Å²) in [7, 11) is 0. The van der Waals surface area contributed by atoms with Crippen molar-refractivity contribution in [2.75, 3.05) is 13.2 Å². The van der Waals surface area contributed by atoms with Crippen LogP contribution >= 0.6 is 0 Å². The molecule has 0 bridgehead atoms. The molecule has 3 rings (SSSR count). The lowest BCUT2D eigenvalue weighted by Crippen LogP contribution is -2.46. The molecule has 0 spiro atoms. The molecular formula is C17H22N2O. The Morgan fingerprint density at radius 2 is 2.00 bits per heavy atom. The maximum atomic E-state index is 5.46. The highest BCUT2D eigenvalue weighted by Crippen LogP contribution is 2.23. The van der Waals surface area contributed by atoms with Gasteiger partial charge in [0.2, 0.25) is 0 Å². The molecule has 0 atom stereocenters. The molecule has 0 amide bonds. The number of fused-ring (bicyclic) bond motifs is 1. The van der Waals surface area contributed by atoms with Gasteiger partial charge in [-0.3, -0.25) is 4.98 Å². The fourth-order valence-corrected chi connectivity index (χ4v) is 2.85. The molecule has 0 aliphatic carbocycles. The van der Waals surface area contributed by atoms with Gasteiger partial charge in [-0.25, -0.2) is 0 Å². The van der Waals surface area contributed by atoms with Crippen LogP contribution in [0.1, 0.15) is 31.0 Å². The van der Waals surface area contributed by atoms with Crippen LogP contribution in [-0.4, -0.2) is 23.7 Å². The van der Waals surface area contributed by atoms with Crippen LogP contribution in [0, 0.1) is 6.92 Å². The Balaban J connectivity index is 1.83. The first-order valence-electron chi connectivity index (χ1n) is 7.34. The van der Waals surface area contributed by atoms with Crippen molar-refractivity contribution in [1.82, 2.24) is 10.3 Å². The van der Waals surface area contributed by atoms with Gasteiger partial charge in [-0.05, 0) is 44.4 Å². The fraction of sp³-hybridized carbons (Fsp3) is 0.471. The van der Waals surface area contributed by atoms with Gasteiger partial charge in [0.15, 0.2) is 0 Å². The minimum absolute atomic E-state index is 0.191. The standard InChI is InChI=1S/C17H22N2O/c1-13-11-14(15-5-3-4-6-16(15)19-13)12-18-17(2)7-9-20-10-8-17/h3-6,11,18H,7-10,12H2,1-2H3. The summed E-state index contributed by atoms with van der Waals surface area (Å²) in [6.45, 7) is 6.97. The Morgan fingerprint density at radius 1 is 1.25 bits per heavy atom. The van der Waals surface area contributed by atoms with E-state index in [2.05, 4.69) is 48.4 Å². The Labute approximate surface area is 120 Å². The average Bonchev–Trinajstić information content (AvgIpc) is 2.45. The lowest BCUT2D eigenvalue weighted by atomic mass is 9.92. The minimum Gasteiger partial charge on any atom is -0.381 e. The van der Waals surface area contributed by atoms with Crippen molar-refractivity contribution < 1.29 is 4.74 Å². The van der Waals surface area contributed by atoms with Crippen LogP contribution in [0.3, 0.4) is 0 Å². The van der Waals surface area contributed by atoms with Crippen molar-refractivity contribution in [3.63, 3.8) is 0 Å². The molecule has 1 fully saturated rings. The molecule has 106 valence electrons. The quantitative estimate of drug-likeness (QED) is 0.930. The smallest absolute Gasteiger partial charge is 0.0708 e. The van der Waals surface area contributed by atoms with Crippen LogP contribution in [0.4, 0.5) is 0 Å². The molecule has 1 aliphatic heterocycles. The van der Waals surface area contributed by atoms with Gasteiger partial charge in [0.25, 0.3) is 0 Å². The predicted molar refractivity (Wildman–Crippen MR) is 81.8 cm³/mol. The topological polar surface area (TPSA) is 34.1 Å². The number of rotatable bonds is 3. The molecular weight excluding hydrogens is 248 g/mol. The predicted octanol–water partition coefficient (Wildman–Crippen LogP) is 3.20. The molecule has 1 aliphatic rings. The van der Waals surface area contributed by atoms with E-state index in [9.17, 15) is 0 Å². The van der Waals surface area contributed by atoms with Gasteiger partial charge in [0.05, 0.1) is 5.52 Å². The van der Waals surface area contributed by atoms with E-state index < -0.39 is 0 Å². The molecule has 2 aromatic rings. The van der Waals surface area contributed by atoms with E-state index in [4.69, 9.17) is 4.74 Å². The molecule has 1 aromatic heterocycles. The largest absolute Gasteiger partial charge is 0.381 e. The van der Waals surface area contributed by atoms with E-state index in [-0.39, 0.29) is 5.54 Å². The minimum atomic E-state index is 0.191. The molecule has 0 radical (unpaired) electrons. The molecule has 2 heterocycles. The summed E-state index contributed by atoms with van der Waals surface area (Å²) in [5.74, 6) is 0. The summed E-state index contributed by atoms with van der Waals surface area (Å²) in [5, 5.41) is 4.98. The number of benzene rings is 1. The Hall–Kier alpha value is -1.45. The van der Waals surface area contributed by atoms with E-state index in [1.807, 2.05) is 6.07 Å². The number of aromatic nitrogens is 1. The first kappa shape index (κ1) is 13.5. The van der Waals surface area contributed by atoms with Gasteiger partial charge in [0.1, 0.15) is 0 Å². The summed E-state index contributed by atoms with van der Waals surface area (Å²) >= 11 is 0. The monoisotopic (exact) mass is 270 g/mol. The normalized spacial score (nSPS) is 18.3. The molecule has 1 N–H and O–H groups in total. The SMILES string of the molecule is Cc1cc(CNC2(C)CCOCC2)c2ccccc2n1. The molecule has 0 saturated carbocycles. The van der Waals surface area contributed by atoms with E-state index in [1.54, 1.807) is 0 Å². The summed E-state index contributed by atoms with van der Waals surface area (Å²) in [6, 6.07) is 10.6. The van der Waals surface area contributed by atoms with Crippen molar-refractivity contribution in [3.05, 3.63) is 41.6 Å². The van der Waals surface area contributed by atoms with E-state index in [1.165, 1.54) is 10.9 Å². The molecule has 3 heteroatoms. The zero-order valence-electron chi connectivity index (χ0n) is 12.3. The van der Waals surface area contributed by atoms with Crippen LogP contribution in [0.15, 0.2) is 30.3 Å². The van der Waals surface area contributed by atoms with Crippen molar-refractivity contribution in [1.29, 1.82) is 0 Å². The zero-order valence-corrected chi connectivity index (χ0v) is 12.3. The van der Waals surface area contributed by atoms with Crippen LogP contribution < -0.4 is 5.32 Å². The van der Waals surface area contributed by atoms with E-state index >= 15 is 0 Å². The van der Waals surface area contributed by atoms with Gasteiger partial charge in [-0.1, -0.05) is 18.2 Å². The maximum Gasteiger partial charge on any atom is 0.0708 e. The van der Waals surface area contributed by atoms with Crippen LogP contribution in [-0.2, 0) is 11.3 Å². The van der Waals surface area contributed by atoms with Crippen molar-refractivity contribution in [3.8, 4) is 0 Å². The number of hydrogen-bond donors (Lipinski definition) is 1. The highest BCUT2D eigenvalue weighted by molar-refractivity contribution is 5.82. The zero-order chi connectivity index (χ0) is 14.0. The molecule has 1 saturated heterocycles. The first-order valence-corrected chi connectivity index (χ1v) is 7.34. The summed E-state index contributed by atoms with van der Waals surface area (Å²) in [5.41, 5.74) is 3.69. The molecule has 0 unspecified atom stereocenters. The maximum absolute atomic E-state index is 5.46. The van der Waals surface area contributed by atoms with Crippen molar-refractivity contribution in [2.45, 2.75) is 38.8 Å². The number of para-hydroxylation sites is 1. The third kappa shape index (κ3) is 2.84. The molecule has 3 nitrogen and oxygen atoms in total. The van der Waals surface area contributed by atoms with Gasteiger partial charge in [-0.2, -0.15) is 0 Å². The molecule has 20 heavy (non-hydrogen) atoms. The summed E-state index contributed by atoms with van der Waals surface area (Å²) in [6.07, 6.45) is 2.16. The third-order valence-corrected chi connectivity index (χ3v) is 4.23. The second kappa shape index (κ2) is 5.51. The number of nitrogens with zero attached hydrogens (tertiary/aromatic N) is 1. The number of ether oxygens (including phenoxy) is 1. The van der Waals surface area contributed by atoms with Gasteiger partial charge in [0, 0.05) is 36.4 Å². The lowest BCUT2D eigenvalue weighted by molar-refractivity contribution is 0.0446. The highest BCUT2D eigenvalue weighted by atomic mass is 16.5. The Kier molecular flexibility index (Phi) is 3.72. The van der Waals surface area contributed by atoms with Crippen LogP contribution in [0.5, 0.6) is 0 Å². The summed E-state index contributed by atoms with van der Waals surface area (Å²) < 4.78 is 5.46. The van der Waals surface area contributed by atoms with E-state index in [0.29, 0.717) is 0 Å². The second-order valence-corrected chi connectivity index (χ2v) is 5.97. The fourth-order valence-electron chi connectivity index (χ4n) is 2.85. The van der Waals surface area contributed by atoms with Gasteiger partial charge < -0.3 is 10.1 Å². The summed E-state index contributed by atoms with van der Waals surface area (Å²) in [4.78, 5) is 4.60. The molecule has 1 aromatic carbocycles. The second-order valence-electron chi connectivity index (χ2n) is 5.97. The number of hydrogen-bond acceptors (Lipinski definition) is 3. The number of nitrogens with one attached hydrogen (secondary N) is 1. The number of aryl methyl sites for hydroxylation is 1. The Morgan fingerprint density at radius 3 is 2.80 bits per heavy atom. The van der Waals surface area contributed by atoms with E-state index in [0.717, 1.165) is 43.8 Å². The highest BCUT2D eigenvalue weighted by Gasteiger charge is 2.26. The number of pyridine rings is 1. The van der Waals surface area contributed by atoms with Crippen molar-refractivity contribution in [2.24, 2.45) is 0 Å².